The minimum atomic E-state index is -0.496. The number of ether oxygens (including phenoxy) is 1. The van der Waals surface area contributed by atoms with E-state index in [-0.39, 0.29) is 24.7 Å². The van der Waals surface area contributed by atoms with Gasteiger partial charge in [-0.1, -0.05) is 18.2 Å². The van der Waals surface area contributed by atoms with Crippen molar-refractivity contribution in [1.29, 1.82) is 0 Å². The number of phenolic OH excluding ortho intramolecular Hbond substituents is 1. The number of carbonyl (C=O) groups is 2. The Balaban J connectivity index is 1.39. The molecular weight excluding hydrogens is 346 g/mol. The summed E-state index contributed by atoms with van der Waals surface area (Å²) in [6, 6.07) is 12.5. The van der Waals surface area contributed by atoms with E-state index in [9.17, 15) is 14.7 Å². The van der Waals surface area contributed by atoms with Crippen LogP contribution in [0.1, 0.15) is 17.5 Å². The van der Waals surface area contributed by atoms with Gasteiger partial charge in [0.1, 0.15) is 11.3 Å². The van der Waals surface area contributed by atoms with E-state index in [1.54, 1.807) is 11.0 Å². The highest BCUT2D eigenvalue weighted by Gasteiger charge is 2.23. The first-order chi connectivity index (χ1) is 13.1. The molecule has 0 radical (unpaired) electrons. The molecule has 2 aromatic carbocycles. The Morgan fingerprint density at radius 3 is 2.93 bits per heavy atom. The number of hydrogen-bond acceptors (Lipinski definition) is 5. The van der Waals surface area contributed by atoms with Crippen LogP contribution in [-0.4, -0.2) is 30.1 Å². The summed E-state index contributed by atoms with van der Waals surface area (Å²) < 4.78 is 10.5. The number of rotatable bonds is 4. The van der Waals surface area contributed by atoms with Crippen molar-refractivity contribution in [3.63, 3.8) is 0 Å². The second kappa shape index (κ2) is 7.15. The summed E-state index contributed by atoms with van der Waals surface area (Å²) in [5.74, 6) is -0.625. The molecule has 0 saturated heterocycles. The van der Waals surface area contributed by atoms with Gasteiger partial charge < -0.3 is 19.2 Å². The Kier molecular flexibility index (Phi) is 4.54. The fraction of sp³-hybridized carbons (Fsp3) is 0.238. The first-order valence-corrected chi connectivity index (χ1v) is 8.85. The van der Waals surface area contributed by atoms with Crippen LogP contribution in [0.5, 0.6) is 5.75 Å². The van der Waals surface area contributed by atoms with Crippen LogP contribution in [-0.2, 0) is 27.2 Å². The average Bonchev–Trinajstić information content (AvgIpc) is 3.07. The molecule has 0 atom stereocenters. The van der Waals surface area contributed by atoms with E-state index in [4.69, 9.17) is 9.15 Å². The zero-order valence-corrected chi connectivity index (χ0v) is 14.7. The number of fused-ring (bicyclic) bond motifs is 2. The number of nitrogens with zero attached hydrogens (tertiary/aromatic N) is 1. The summed E-state index contributed by atoms with van der Waals surface area (Å²) in [6.45, 7) is 0.340. The first-order valence-electron chi connectivity index (χ1n) is 8.85. The number of aryl methyl sites for hydroxylation is 1. The highest BCUT2D eigenvalue weighted by atomic mass is 16.5. The molecule has 6 heteroatoms. The molecule has 0 unspecified atom stereocenters. The third-order valence-corrected chi connectivity index (χ3v) is 4.74. The summed E-state index contributed by atoms with van der Waals surface area (Å²) in [5, 5.41) is 10.2. The Morgan fingerprint density at radius 1 is 1.19 bits per heavy atom. The summed E-state index contributed by atoms with van der Waals surface area (Å²) in [4.78, 5) is 26.4. The quantitative estimate of drug-likeness (QED) is 0.718. The van der Waals surface area contributed by atoms with Gasteiger partial charge >= 0.3 is 5.97 Å². The Labute approximate surface area is 156 Å². The lowest BCUT2D eigenvalue weighted by Crippen LogP contribution is -2.38. The Bertz CT molecular complexity index is 1010. The monoisotopic (exact) mass is 365 g/mol. The van der Waals surface area contributed by atoms with Crippen molar-refractivity contribution in [2.75, 3.05) is 18.1 Å². The lowest BCUT2D eigenvalue weighted by Gasteiger charge is -2.29. The molecule has 0 spiro atoms. The second-order valence-electron chi connectivity index (χ2n) is 6.56. The maximum absolute atomic E-state index is 12.5. The minimum Gasteiger partial charge on any atom is -0.508 e. The summed E-state index contributed by atoms with van der Waals surface area (Å²) in [6.07, 6.45) is 3.31. The zero-order chi connectivity index (χ0) is 18.8. The van der Waals surface area contributed by atoms with Crippen molar-refractivity contribution < 1.29 is 23.8 Å². The van der Waals surface area contributed by atoms with E-state index in [1.807, 2.05) is 24.3 Å². The number of esters is 1. The number of amides is 1. The highest BCUT2D eigenvalue weighted by molar-refractivity contribution is 5.96. The van der Waals surface area contributed by atoms with Crippen molar-refractivity contribution >= 4 is 28.5 Å². The van der Waals surface area contributed by atoms with Crippen molar-refractivity contribution in [2.24, 2.45) is 0 Å². The number of furan rings is 1. The van der Waals surface area contributed by atoms with Crippen LogP contribution in [0.15, 0.2) is 53.1 Å². The number of phenols is 1. The number of carbonyl (C=O) groups excluding carboxylic acids is 2. The van der Waals surface area contributed by atoms with Gasteiger partial charge in [-0.2, -0.15) is 0 Å². The van der Waals surface area contributed by atoms with E-state index in [1.165, 1.54) is 18.4 Å². The fourth-order valence-corrected chi connectivity index (χ4v) is 3.43. The SMILES string of the molecule is O=C(Cc1coc2cc(O)ccc12)OCC(=O)N1CCCc2ccccc21. The summed E-state index contributed by atoms with van der Waals surface area (Å²) in [5.41, 5.74) is 3.19. The van der Waals surface area contributed by atoms with Gasteiger partial charge in [0.2, 0.25) is 0 Å². The molecule has 2 heterocycles. The Morgan fingerprint density at radius 2 is 2.04 bits per heavy atom. The van der Waals surface area contributed by atoms with Crippen molar-refractivity contribution in [3.05, 3.63) is 59.9 Å². The number of hydrogen-bond donors (Lipinski definition) is 1. The number of aromatic hydroxyl groups is 1. The van der Waals surface area contributed by atoms with Gasteiger partial charge in [0, 0.05) is 29.2 Å². The van der Waals surface area contributed by atoms with E-state index < -0.39 is 5.97 Å². The molecule has 3 aromatic rings. The summed E-state index contributed by atoms with van der Waals surface area (Å²) in [7, 11) is 0. The van der Waals surface area contributed by atoms with Gasteiger partial charge in [-0.25, -0.2) is 0 Å². The summed E-state index contributed by atoms with van der Waals surface area (Å²) >= 11 is 0. The molecule has 138 valence electrons. The number of benzene rings is 2. The zero-order valence-electron chi connectivity index (χ0n) is 14.7. The van der Waals surface area contributed by atoms with Crippen LogP contribution in [0.4, 0.5) is 5.69 Å². The molecule has 0 saturated carbocycles. The van der Waals surface area contributed by atoms with Crippen LogP contribution < -0.4 is 4.90 Å². The molecule has 0 bridgehead atoms. The molecule has 0 fully saturated rings. The molecule has 4 rings (SSSR count). The predicted octanol–water partition coefficient (Wildman–Crippen LogP) is 3.20. The van der Waals surface area contributed by atoms with Crippen molar-refractivity contribution in [3.8, 4) is 5.75 Å². The normalized spacial score (nSPS) is 13.4. The second-order valence-corrected chi connectivity index (χ2v) is 6.56. The van der Waals surface area contributed by atoms with E-state index in [2.05, 4.69) is 0 Å². The van der Waals surface area contributed by atoms with Crippen LogP contribution in [0.3, 0.4) is 0 Å². The molecule has 0 aliphatic carbocycles. The lowest BCUT2D eigenvalue weighted by molar-refractivity contribution is -0.147. The van der Waals surface area contributed by atoms with Crippen molar-refractivity contribution in [1.82, 2.24) is 0 Å². The number of para-hydroxylation sites is 1. The highest BCUT2D eigenvalue weighted by Crippen LogP contribution is 2.27. The standard InChI is InChI=1S/C21H19NO5/c23-16-7-8-17-15(12-26-19(17)11-16)10-21(25)27-13-20(24)22-9-3-5-14-4-1-2-6-18(14)22/h1-2,4,6-8,11-12,23H,3,5,9-10,13H2. The third-order valence-electron chi connectivity index (χ3n) is 4.74. The first kappa shape index (κ1) is 17.1. The molecular formula is C21H19NO5. The van der Waals surface area contributed by atoms with E-state index in [0.717, 1.165) is 29.5 Å². The van der Waals surface area contributed by atoms with E-state index in [0.29, 0.717) is 17.7 Å². The van der Waals surface area contributed by atoms with Crippen LogP contribution in [0, 0.1) is 0 Å². The minimum absolute atomic E-state index is 0.00163. The maximum Gasteiger partial charge on any atom is 0.310 e. The van der Waals surface area contributed by atoms with Gasteiger partial charge in [0.15, 0.2) is 6.61 Å². The molecule has 1 amide bonds. The molecule has 1 aliphatic rings. The Hall–Kier alpha value is -3.28. The largest absolute Gasteiger partial charge is 0.508 e. The van der Waals surface area contributed by atoms with Gasteiger partial charge in [-0.3, -0.25) is 9.59 Å². The number of anilines is 1. The maximum atomic E-state index is 12.5. The molecule has 1 aliphatic heterocycles. The lowest BCUT2D eigenvalue weighted by atomic mass is 10.0. The van der Waals surface area contributed by atoms with Gasteiger partial charge in [-0.15, -0.1) is 0 Å². The van der Waals surface area contributed by atoms with Crippen LogP contribution in [0.2, 0.25) is 0 Å². The van der Waals surface area contributed by atoms with E-state index >= 15 is 0 Å². The molecule has 6 nitrogen and oxygen atoms in total. The topological polar surface area (TPSA) is 80.0 Å². The van der Waals surface area contributed by atoms with Crippen LogP contribution in [0.25, 0.3) is 11.0 Å². The van der Waals surface area contributed by atoms with Crippen molar-refractivity contribution in [2.45, 2.75) is 19.3 Å². The average molecular weight is 365 g/mol. The third kappa shape index (κ3) is 3.51. The fourth-order valence-electron chi connectivity index (χ4n) is 3.43. The predicted molar refractivity (Wildman–Crippen MR) is 99.7 cm³/mol. The molecule has 1 N–H and O–H groups in total. The van der Waals surface area contributed by atoms with Gasteiger partial charge in [0.25, 0.3) is 5.91 Å². The van der Waals surface area contributed by atoms with Gasteiger partial charge in [-0.05, 0) is 36.6 Å². The smallest absolute Gasteiger partial charge is 0.310 e. The van der Waals surface area contributed by atoms with Gasteiger partial charge in [0.05, 0.1) is 12.7 Å². The molecule has 1 aromatic heterocycles. The van der Waals surface area contributed by atoms with Crippen LogP contribution >= 0.6 is 0 Å². The molecule has 27 heavy (non-hydrogen) atoms.